The van der Waals surface area contributed by atoms with E-state index in [1.54, 1.807) is 23.9 Å². The van der Waals surface area contributed by atoms with Gasteiger partial charge in [0.25, 0.3) is 0 Å². The molecule has 2 aromatic carbocycles. The van der Waals surface area contributed by atoms with Gasteiger partial charge in [0.15, 0.2) is 5.78 Å². The highest BCUT2D eigenvalue weighted by atomic mass is 32.1. The first-order valence-electron chi connectivity index (χ1n) is 11.8. The second-order valence-corrected chi connectivity index (χ2v) is 9.61. The number of carbonyl (C=O) groups excluding carboxylic acids is 1. The normalized spacial score (nSPS) is 14.9. The van der Waals surface area contributed by atoms with Crippen LogP contribution in [0.15, 0.2) is 77.1 Å². The zero-order chi connectivity index (χ0) is 26.1. The first-order valence-corrected chi connectivity index (χ1v) is 12.6. The molecule has 9 heteroatoms. The third kappa shape index (κ3) is 7.68. The van der Waals surface area contributed by atoms with Crippen LogP contribution in [0.5, 0.6) is 0 Å². The van der Waals surface area contributed by atoms with Crippen molar-refractivity contribution in [2.45, 2.75) is 0 Å². The van der Waals surface area contributed by atoms with E-state index in [-0.39, 0.29) is 30.2 Å². The number of likely N-dealkylation sites (N-methyl/N-ethyl adjacent to an activating group) is 3. The maximum atomic E-state index is 13.4. The number of Topliss-reactive ketones (excluding diaryl/α,β-unsaturated/α-hetero) is 1. The Morgan fingerprint density at radius 2 is 1.36 bits per heavy atom. The Bertz CT molecular complexity index is 1110. The number of aliphatic hydroxyl groups is 1. The van der Waals surface area contributed by atoms with Crippen molar-refractivity contribution in [3.05, 3.63) is 83.1 Å². The van der Waals surface area contributed by atoms with Crippen LogP contribution in [0.4, 0.5) is 0 Å². The molecule has 0 aromatic heterocycles. The number of piperazine rings is 1. The maximum absolute atomic E-state index is 13.4. The molecule has 1 aliphatic rings. The Hall–Kier alpha value is -3.14. The lowest BCUT2D eigenvalue weighted by molar-refractivity contribution is -0.115. The molecular formula is C27H33N5O2S2. The zero-order valence-electron chi connectivity index (χ0n) is 21.0. The molecule has 7 nitrogen and oxygen atoms in total. The minimum Gasteiger partial charge on any atom is -0.510 e. The number of hydrogen-bond donors (Lipinski definition) is 1. The number of thiocarbonyl (C=S) groups is 2. The molecule has 0 radical (unpaired) electrons. The summed E-state index contributed by atoms with van der Waals surface area (Å²) >= 11 is 11.2. The van der Waals surface area contributed by atoms with Crippen molar-refractivity contribution in [1.29, 1.82) is 0 Å². The molecule has 1 aliphatic heterocycles. The third-order valence-electron chi connectivity index (χ3n) is 5.94. The topological polar surface area (TPSA) is 62.6 Å². The summed E-state index contributed by atoms with van der Waals surface area (Å²) in [5, 5.41) is 17.5. The van der Waals surface area contributed by atoms with Gasteiger partial charge in [0.2, 0.25) is 0 Å². The lowest BCUT2D eigenvalue weighted by Gasteiger charge is -2.30. The Morgan fingerprint density at radius 1 is 0.889 bits per heavy atom. The van der Waals surface area contributed by atoms with Crippen LogP contribution in [0.1, 0.15) is 11.1 Å². The van der Waals surface area contributed by atoms with Crippen molar-refractivity contribution in [2.75, 3.05) is 60.4 Å². The minimum absolute atomic E-state index is 0.00866. The van der Waals surface area contributed by atoms with Crippen LogP contribution in [0.3, 0.4) is 0 Å². The lowest BCUT2D eigenvalue weighted by Crippen LogP contribution is -2.42. The Labute approximate surface area is 224 Å². The van der Waals surface area contributed by atoms with E-state index in [0.29, 0.717) is 9.98 Å². The van der Waals surface area contributed by atoms with Crippen LogP contribution in [-0.4, -0.2) is 107 Å². The molecule has 1 fully saturated rings. The zero-order valence-corrected chi connectivity index (χ0v) is 22.6. The number of hydrazone groups is 1. The van der Waals surface area contributed by atoms with Crippen LogP contribution >= 0.6 is 24.4 Å². The molecule has 3 rings (SSSR count). The molecule has 0 bridgehead atoms. The maximum Gasteiger partial charge on any atom is 0.187 e. The number of hydrogen-bond acceptors (Lipinski definition) is 7. The van der Waals surface area contributed by atoms with E-state index in [9.17, 15) is 9.90 Å². The number of rotatable bonds is 9. The molecule has 0 saturated carbocycles. The SMILES string of the molecule is CN1CCN(/N=C/C(C(=O)CN(C)C(=S)c2ccccc2)=C(/O)CN(C)C(=S)c2ccccc2)CC1. The molecule has 0 atom stereocenters. The van der Waals surface area contributed by atoms with Crippen LogP contribution in [-0.2, 0) is 4.79 Å². The van der Waals surface area contributed by atoms with E-state index in [2.05, 4.69) is 17.0 Å². The fourth-order valence-electron chi connectivity index (χ4n) is 3.71. The van der Waals surface area contributed by atoms with E-state index >= 15 is 0 Å². The van der Waals surface area contributed by atoms with Gasteiger partial charge >= 0.3 is 0 Å². The Morgan fingerprint density at radius 3 is 1.86 bits per heavy atom. The van der Waals surface area contributed by atoms with Gasteiger partial charge in [-0.1, -0.05) is 85.1 Å². The van der Waals surface area contributed by atoms with Crippen LogP contribution in [0, 0.1) is 0 Å². The summed E-state index contributed by atoms with van der Waals surface area (Å²) < 4.78 is 0. The third-order valence-corrected chi connectivity index (χ3v) is 7.04. The smallest absolute Gasteiger partial charge is 0.187 e. The predicted molar refractivity (Wildman–Crippen MR) is 154 cm³/mol. The number of ketones is 1. The summed E-state index contributed by atoms with van der Waals surface area (Å²) in [7, 11) is 5.64. The van der Waals surface area contributed by atoms with E-state index in [4.69, 9.17) is 24.4 Å². The summed E-state index contributed by atoms with van der Waals surface area (Å²) in [4.78, 5) is 20.2. The highest BCUT2D eigenvalue weighted by Gasteiger charge is 2.20. The molecule has 0 amide bonds. The van der Waals surface area contributed by atoms with Crippen LogP contribution in [0.25, 0.3) is 0 Å². The van der Waals surface area contributed by atoms with Crippen molar-refractivity contribution in [3.63, 3.8) is 0 Å². The van der Waals surface area contributed by atoms with Crippen molar-refractivity contribution in [1.82, 2.24) is 19.7 Å². The molecular weight excluding hydrogens is 490 g/mol. The number of carbonyl (C=O) groups is 1. The number of nitrogens with zero attached hydrogens (tertiary/aromatic N) is 5. The van der Waals surface area contributed by atoms with Gasteiger partial charge in [0.05, 0.1) is 24.9 Å². The second kappa shape index (κ2) is 13.2. The quantitative estimate of drug-likeness (QED) is 0.233. The van der Waals surface area contributed by atoms with Crippen molar-refractivity contribution in [2.24, 2.45) is 5.10 Å². The lowest BCUT2D eigenvalue weighted by atomic mass is 10.1. The van der Waals surface area contributed by atoms with Crippen LogP contribution < -0.4 is 0 Å². The molecule has 1 heterocycles. The highest BCUT2D eigenvalue weighted by molar-refractivity contribution is 7.80. The Kier molecular flexibility index (Phi) is 10.1. The summed E-state index contributed by atoms with van der Waals surface area (Å²) in [6.07, 6.45) is 1.47. The molecule has 2 aromatic rings. The van der Waals surface area contributed by atoms with Gasteiger partial charge < -0.3 is 19.8 Å². The Balaban J connectivity index is 1.79. The van der Waals surface area contributed by atoms with Gasteiger partial charge in [0, 0.05) is 51.4 Å². The van der Waals surface area contributed by atoms with Crippen molar-refractivity contribution in [3.8, 4) is 0 Å². The monoisotopic (exact) mass is 523 g/mol. The highest BCUT2D eigenvalue weighted by Crippen LogP contribution is 2.12. The summed E-state index contributed by atoms with van der Waals surface area (Å²) in [6, 6.07) is 19.1. The van der Waals surface area contributed by atoms with Gasteiger partial charge in [-0.05, 0) is 7.05 Å². The molecule has 1 saturated heterocycles. The van der Waals surface area contributed by atoms with E-state index in [0.717, 1.165) is 37.3 Å². The first-order chi connectivity index (χ1) is 17.3. The van der Waals surface area contributed by atoms with E-state index in [1.807, 2.05) is 65.7 Å². The molecule has 0 aliphatic carbocycles. The van der Waals surface area contributed by atoms with Gasteiger partial charge in [-0.3, -0.25) is 9.80 Å². The van der Waals surface area contributed by atoms with Gasteiger partial charge in [-0.2, -0.15) is 5.10 Å². The number of aliphatic hydroxyl groups excluding tert-OH is 1. The summed E-state index contributed by atoms with van der Waals surface area (Å²) in [5.41, 5.74) is 1.88. The number of benzene rings is 2. The molecule has 0 unspecified atom stereocenters. The van der Waals surface area contributed by atoms with Crippen molar-refractivity contribution >= 4 is 46.4 Å². The van der Waals surface area contributed by atoms with Gasteiger partial charge in [-0.15, -0.1) is 0 Å². The second-order valence-electron chi connectivity index (χ2n) is 8.84. The average molecular weight is 524 g/mol. The molecule has 36 heavy (non-hydrogen) atoms. The van der Waals surface area contributed by atoms with Crippen LogP contribution in [0.2, 0.25) is 0 Å². The standard InChI is InChI=1S/C27H33N5O2S2/c1-29-14-16-32(17-15-29)28-18-23(24(33)19-30(2)26(35)21-10-6-4-7-11-21)25(34)20-31(3)27(36)22-12-8-5-9-13-22/h4-13,18,33H,14-17,19-20H2,1-3H3/b24-23-,28-18+. The van der Waals surface area contributed by atoms with Gasteiger partial charge in [0.1, 0.15) is 15.7 Å². The minimum atomic E-state index is -0.273. The summed E-state index contributed by atoms with van der Waals surface area (Å²) in [5.74, 6) is -0.358. The first kappa shape index (κ1) is 27.4. The van der Waals surface area contributed by atoms with E-state index in [1.165, 1.54) is 6.21 Å². The van der Waals surface area contributed by atoms with Crippen molar-refractivity contribution < 1.29 is 9.90 Å². The largest absolute Gasteiger partial charge is 0.510 e. The molecule has 1 N–H and O–H groups in total. The summed E-state index contributed by atoms with van der Waals surface area (Å²) in [6.45, 7) is 3.37. The average Bonchev–Trinajstić information content (AvgIpc) is 2.89. The fraction of sp³-hybridized carbons (Fsp3) is 0.333. The fourth-order valence-corrected chi connectivity index (χ4v) is 4.12. The molecule has 190 valence electrons. The van der Waals surface area contributed by atoms with Gasteiger partial charge in [-0.25, -0.2) is 0 Å². The van der Waals surface area contributed by atoms with E-state index < -0.39 is 0 Å². The molecule has 0 spiro atoms. The predicted octanol–water partition coefficient (Wildman–Crippen LogP) is 3.22.